The number of nitrogens with zero attached hydrogens (tertiary/aromatic N) is 4. The number of para-hydroxylation sites is 1. The first-order chi connectivity index (χ1) is 9.70. The molecule has 5 heteroatoms. The molecule has 1 aromatic carbocycles. The van der Waals surface area contributed by atoms with E-state index in [0.717, 1.165) is 28.6 Å². The maximum atomic E-state index is 5.79. The van der Waals surface area contributed by atoms with Gasteiger partial charge >= 0.3 is 0 Å². The molecule has 0 aliphatic carbocycles. The number of nitrogen functional groups attached to an aromatic ring is 1. The van der Waals surface area contributed by atoms with Crippen LogP contribution in [0.3, 0.4) is 0 Å². The highest BCUT2D eigenvalue weighted by molar-refractivity contribution is 5.74. The number of hydrogen-bond acceptors (Lipinski definition) is 4. The van der Waals surface area contributed by atoms with Crippen LogP contribution < -0.4 is 5.73 Å². The van der Waals surface area contributed by atoms with E-state index in [1.54, 1.807) is 0 Å². The number of benzene rings is 1. The molecule has 0 bridgehead atoms. The first-order valence-electron chi connectivity index (χ1n) is 6.72. The van der Waals surface area contributed by atoms with Crippen molar-refractivity contribution >= 4 is 16.9 Å². The van der Waals surface area contributed by atoms with E-state index in [0.29, 0.717) is 5.82 Å². The number of rotatable bonds is 3. The summed E-state index contributed by atoms with van der Waals surface area (Å²) in [5, 5.41) is 8.52. The van der Waals surface area contributed by atoms with Gasteiger partial charge in [-0.05, 0) is 42.7 Å². The fraction of sp³-hybridized carbons (Fsp3) is 0.267. The average molecular weight is 267 g/mol. The zero-order chi connectivity index (χ0) is 14.1. The summed E-state index contributed by atoms with van der Waals surface area (Å²) in [7, 11) is 0. The minimum Gasteiger partial charge on any atom is -0.383 e. The maximum Gasteiger partial charge on any atom is 0.126 e. The lowest BCUT2D eigenvalue weighted by Crippen LogP contribution is -2.12. The van der Waals surface area contributed by atoms with Crippen molar-refractivity contribution in [2.45, 2.75) is 26.3 Å². The quantitative estimate of drug-likeness (QED) is 0.792. The second kappa shape index (κ2) is 4.92. The SMILES string of the molecule is CCC(c1cnc(N)c(C)c1)n1nnc2ccccc21. The van der Waals surface area contributed by atoms with E-state index in [-0.39, 0.29) is 6.04 Å². The van der Waals surface area contributed by atoms with Crippen molar-refractivity contribution in [1.29, 1.82) is 0 Å². The highest BCUT2D eigenvalue weighted by Gasteiger charge is 2.17. The predicted octanol–water partition coefficient (Wildman–Crippen LogP) is 2.72. The second-order valence-electron chi connectivity index (χ2n) is 4.92. The highest BCUT2D eigenvalue weighted by Crippen LogP contribution is 2.25. The van der Waals surface area contributed by atoms with E-state index in [1.165, 1.54) is 0 Å². The van der Waals surface area contributed by atoms with Crippen molar-refractivity contribution in [3.63, 3.8) is 0 Å². The molecule has 5 nitrogen and oxygen atoms in total. The molecule has 0 aliphatic heterocycles. The van der Waals surface area contributed by atoms with Gasteiger partial charge in [0, 0.05) is 6.20 Å². The van der Waals surface area contributed by atoms with Crippen molar-refractivity contribution in [1.82, 2.24) is 20.0 Å². The van der Waals surface area contributed by atoms with Crippen LogP contribution in [0.1, 0.15) is 30.5 Å². The van der Waals surface area contributed by atoms with Crippen LogP contribution in [0.15, 0.2) is 36.5 Å². The zero-order valence-corrected chi connectivity index (χ0v) is 11.6. The molecule has 3 rings (SSSR count). The highest BCUT2D eigenvalue weighted by atomic mass is 15.4. The third-order valence-corrected chi connectivity index (χ3v) is 3.58. The van der Waals surface area contributed by atoms with Crippen molar-refractivity contribution < 1.29 is 0 Å². The van der Waals surface area contributed by atoms with E-state index in [2.05, 4.69) is 28.3 Å². The molecule has 1 atom stereocenters. The third kappa shape index (κ3) is 2.01. The summed E-state index contributed by atoms with van der Waals surface area (Å²) in [5.74, 6) is 0.576. The lowest BCUT2D eigenvalue weighted by Gasteiger charge is -2.17. The first kappa shape index (κ1) is 12.6. The Morgan fingerprint density at radius 3 is 2.85 bits per heavy atom. The van der Waals surface area contributed by atoms with E-state index >= 15 is 0 Å². The largest absolute Gasteiger partial charge is 0.383 e. The Labute approximate surface area is 117 Å². The van der Waals surface area contributed by atoms with Crippen LogP contribution in [-0.2, 0) is 0 Å². The molecule has 0 fully saturated rings. The van der Waals surface area contributed by atoms with Crippen LogP contribution in [0.25, 0.3) is 11.0 Å². The number of hydrogen-bond donors (Lipinski definition) is 1. The number of anilines is 1. The summed E-state index contributed by atoms with van der Waals surface area (Å²) < 4.78 is 1.96. The zero-order valence-electron chi connectivity index (χ0n) is 11.6. The molecule has 2 aromatic heterocycles. The molecule has 1 unspecified atom stereocenters. The summed E-state index contributed by atoms with van der Waals surface area (Å²) in [6, 6.07) is 10.2. The molecule has 0 spiro atoms. The van der Waals surface area contributed by atoms with Gasteiger partial charge in [0.2, 0.25) is 0 Å². The third-order valence-electron chi connectivity index (χ3n) is 3.58. The van der Waals surface area contributed by atoms with Gasteiger partial charge in [-0.1, -0.05) is 24.3 Å². The molecular formula is C15H17N5. The summed E-state index contributed by atoms with van der Waals surface area (Å²) in [6.45, 7) is 4.10. The van der Waals surface area contributed by atoms with Gasteiger partial charge in [0.05, 0.1) is 11.6 Å². The molecule has 2 heterocycles. The summed E-state index contributed by atoms with van der Waals surface area (Å²) in [5.41, 5.74) is 9.84. The van der Waals surface area contributed by atoms with Gasteiger partial charge in [-0.15, -0.1) is 5.10 Å². The molecule has 0 amide bonds. The second-order valence-corrected chi connectivity index (χ2v) is 4.92. The molecule has 0 saturated carbocycles. The monoisotopic (exact) mass is 267 g/mol. The minimum absolute atomic E-state index is 0.120. The van der Waals surface area contributed by atoms with Gasteiger partial charge in [-0.3, -0.25) is 0 Å². The van der Waals surface area contributed by atoms with Crippen LogP contribution in [0.2, 0.25) is 0 Å². The van der Waals surface area contributed by atoms with Gasteiger partial charge in [0.1, 0.15) is 11.3 Å². The summed E-state index contributed by atoms with van der Waals surface area (Å²) >= 11 is 0. The molecule has 102 valence electrons. The summed E-state index contributed by atoms with van der Waals surface area (Å²) in [6.07, 6.45) is 2.74. The molecule has 20 heavy (non-hydrogen) atoms. The smallest absolute Gasteiger partial charge is 0.126 e. The molecule has 0 radical (unpaired) electrons. The maximum absolute atomic E-state index is 5.79. The molecule has 0 saturated heterocycles. The van der Waals surface area contributed by atoms with Crippen LogP contribution >= 0.6 is 0 Å². The lowest BCUT2D eigenvalue weighted by molar-refractivity contribution is 0.506. The van der Waals surface area contributed by atoms with Gasteiger partial charge in [0.25, 0.3) is 0 Å². The summed E-state index contributed by atoms with van der Waals surface area (Å²) in [4.78, 5) is 4.25. The molecule has 0 aliphatic rings. The van der Waals surface area contributed by atoms with E-state index in [9.17, 15) is 0 Å². The molecule has 3 aromatic rings. The average Bonchev–Trinajstić information content (AvgIpc) is 2.88. The van der Waals surface area contributed by atoms with Crippen LogP contribution in [0.4, 0.5) is 5.82 Å². The predicted molar refractivity (Wildman–Crippen MR) is 79.3 cm³/mol. The van der Waals surface area contributed by atoms with Crippen molar-refractivity contribution in [2.24, 2.45) is 0 Å². The van der Waals surface area contributed by atoms with E-state index in [4.69, 9.17) is 5.73 Å². The van der Waals surface area contributed by atoms with E-state index < -0.39 is 0 Å². The molecular weight excluding hydrogens is 250 g/mol. The Bertz CT molecular complexity index is 747. The van der Waals surface area contributed by atoms with Crippen LogP contribution in [0.5, 0.6) is 0 Å². The Kier molecular flexibility index (Phi) is 3.10. The van der Waals surface area contributed by atoms with Crippen LogP contribution in [0, 0.1) is 6.92 Å². The number of pyridine rings is 1. The lowest BCUT2D eigenvalue weighted by atomic mass is 10.0. The number of aryl methyl sites for hydroxylation is 1. The Morgan fingerprint density at radius 1 is 1.30 bits per heavy atom. The Morgan fingerprint density at radius 2 is 2.10 bits per heavy atom. The fourth-order valence-corrected chi connectivity index (χ4v) is 2.46. The Balaban J connectivity index is 2.11. The Hall–Kier alpha value is -2.43. The number of nitrogens with two attached hydrogens (primary N) is 1. The van der Waals surface area contributed by atoms with E-state index in [1.807, 2.05) is 42.1 Å². The fourth-order valence-electron chi connectivity index (χ4n) is 2.46. The number of fused-ring (bicyclic) bond motifs is 1. The van der Waals surface area contributed by atoms with Gasteiger partial charge in [-0.2, -0.15) is 0 Å². The van der Waals surface area contributed by atoms with Gasteiger partial charge < -0.3 is 5.73 Å². The minimum atomic E-state index is 0.120. The van der Waals surface area contributed by atoms with Crippen LogP contribution in [-0.4, -0.2) is 20.0 Å². The van der Waals surface area contributed by atoms with Crippen molar-refractivity contribution in [2.75, 3.05) is 5.73 Å². The van der Waals surface area contributed by atoms with Gasteiger partial charge in [0.15, 0.2) is 0 Å². The van der Waals surface area contributed by atoms with Gasteiger partial charge in [-0.25, -0.2) is 9.67 Å². The van der Waals surface area contributed by atoms with Crippen molar-refractivity contribution in [3.05, 3.63) is 47.7 Å². The first-order valence-corrected chi connectivity index (χ1v) is 6.72. The number of aromatic nitrogens is 4. The van der Waals surface area contributed by atoms with Crippen molar-refractivity contribution in [3.8, 4) is 0 Å². The standard InChI is InChI=1S/C15H17N5/c1-3-13(11-8-10(2)15(16)17-9-11)20-14-7-5-4-6-12(14)18-19-20/h4-9,13H,3H2,1-2H3,(H2,16,17). The molecule has 2 N–H and O–H groups in total. The topological polar surface area (TPSA) is 69.6 Å². The normalized spacial score (nSPS) is 12.7.